The monoisotopic (exact) mass is 278 g/mol. The Kier molecular flexibility index (Phi) is 6.15. The molecule has 20 heavy (non-hydrogen) atoms. The topological polar surface area (TPSA) is 62.1 Å². The third-order valence-electron chi connectivity index (χ3n) is 2.96. The summed E-state index contributed by atoms with van der Waals surface area (Å²) in [5.74, 6) is 0.0429. The summed E-state index contributed by atoms with van der Waals surface area (Å²) in [4.78, 5) is 23.3. The minimum absolute atomic E-state index is 0.148. The summed E-state index contributed by atoms with van der Waals surface area (Å²) in [6.07, 6.45) is 2.86. The summed E-state index contributed by atoms with van der Waals surface area (Å²) < 4.78 is 1.85. The Labute approximate surface area is 120 Å². The van der Waals surface area contributed by atoms with Gasteiger partial charge < -0.3 is 5.32 Å². The average Bonchev–Trinajstić information content (AvgIpc) is 2.39. The van der Waals surface area contributed by atoms with Crippen LogP contribution in [0.4, 0.5) is 4.79 Å². The highest BCUT2D eigenvalue weighted by Gasteiger charge is 2.15. The average molecular weight is 278 g/mol. The van der Waals surface area contributed by atoms with Crippen LogP contribution in [-0.2, 0) is 17.8 Å². The van der Waals surface area contributed by atoms with Crippen molar-refractivity contribution in [1.82, 2.24) is 10.6 Å². The first-order chi connectivity index (χ1) is 9.42. The van der Waals surface area contributed by atoms with Crippen LogP contribution in [0.25, 0.3) is 0 Å². The molecule has 1 aromatic heterocycles. The van der Waals surface area contributed by atoms with Crippen molar-refractivity contribution in [3.63, 3.8) is 0 Å². The second-order valence-electron chi connectivity index (χ2n) is 5.31. The van der Waals surface area contributed by atoms with Gasteiger partial charge in [0, 0.05) is 25.1 Å². The van der Waals surface area contributed by atoms with Crippen LogP contribution in [0.15, 0.2) is 18.3 Å². The fraction of sp³-hybridized carbons (Fsp3) is 0.533. The van der Waals surface area contributed by atoms with E-state index in [-0.39, 0.29) is 12.5 Å². The molecule has 3 amide bonds. The summed E-state index contributed by atoms with van der Waals surface area (Å²) >= 11 is 0. The Hall–Kier alpha value is -1.91. The Morgan fingerprint density at radius 1 is 1.30 bits per heavy atom. The van der Waals surface area contributed by atoms with E-state index in [1.165, 1.54) is 0 Å². The SMILES string of the molecule is CCc1ccc(C)[n+](CC(=O)NC(=O)NCC(C)C)c1. The zero-order valence-corrected chi connectivity index (χ0v) is 12.7. The number of carbonyl (C=O) groups excluding carboxylic acids is 2. The number of imide groups is 1. The molecule has 1 heterocycles. The largest absolute Gasteiger partial charge is 0.338 e. The quantitative estimate of drug-likeness (QED) is 0.798. The number of aromatic nitrogens is 1. The normalized spacial score (nSPS) is 10.4. The van der Waals surface area contributed by atoms with Gasteiger partial charge in [-0.1, -0.05) is 20.8 Å². The fourth-order valence-corrected chi connectivity index (χ4v) is 1.71. The summed E-state index contributed by atoms with van der Waals surface area (Å²) in [5.41, 5.74) is 2.15. The summed E-state index contributed by atoms with van der Waals surface area (Å²) in [5, 5.41) is 4.99. The van der Waals surface area contributed by atoms with Gasteiger partial charge in [-0.05, 0) is 18.4 Å². The van der Waals surface area contributed by atoms with E-state index in [4.69, 9.17) is 0 Å². The predicted molar refractivity (Wildman–Crippen MR) is 77.1 cm³/mol. The number of aryl methyl sites for hydroxylation is 2. The lowest BCUT2D eigenvalue weighted by atomic mass is 10.2. The van der Waals surface area contributed by atoms with E-state index in [0.29, 0.717) is 12.5 Å². The molecule has 110 valence electrons. The van der Waals surface area contributed by atoms with E-state index in [9.17, 15) is 9.59 Å². The van der Waals surface area contributed by atoms with E-state index in [0.717, 1.165) is 17.7 Å². The first-order valence-electron chi connectivity index (χ1n) is 6.99. The molecule has 0 unspecified atom stereocenters. The maximum Gasteiger partial charge on any atom is 0.321 e. The number of nitrogens with zero attached hydrogens (tertiary/aromatic N) is 1. The number of rotatable bonds is 5. The van der Waals surface area contributed by atoms with Crippen molar-refractivity contribution < 1.29 is 14.2 Å². The molecule has 0 spiro atoms. The van der Waals surface area contributed by atoms with E-state index in [2.05, 4.69) is 17.6 Å². The summed E-state index contributed by atoms with van der Waals surface area (Å²) in [6, 6.07) is 3.58. The van der Waals surface area contributed by atoms with Crippen LogP contribution in [0.2, 0.25) is 0 Å². The van der Waals surface area contributed by atoms with Gasteiger partial charge >= 0.3 is 6.03 Å². The maximum atomic E-state index is 11.8. The van der Waals surface area contributed by atoms with E-state index in [1.54, 1.807) is 0 Å². The number of carbonyl (C=O) groups is 2. The second kappa shape index (κ2) is 7.62. The molecule has 0 aromatic carbocycles. The van der Waals surface area contributed by atoms with Gasteiger partial charge in [0.15, 0.2) is 11.9 Å². The zero-order chi connectivity index (χ0) is 15.1. The van der Waals surface area contributed by atoms with Gasteiger partial charge in [0.1, 0.15) is 0 Å². The van der Waals surface area contributed by atoms with Crippen LogP contribution in [0.5, 0.6) is 0 Å². The van der Waals surface area contributed by atoms with Crippen LogP contribution >= 0.6 is 0 Å². The lowest BCUT2D eigenvalue weighted by molar-refractivity contribution is -0.690. The Balaban J connectivity index is 2.56. The Morgan fingerprint density at radius 3 is 2.60 bits per heavy atom. The van der Waals surface area contributed by atoms with Gasteiger partial charge in [-0.15, -0.1) is 0 Å². The van der Waals surface area contributed by atoms with E-state index in [1.807, 2.05) is 43.7 Å². The molecule has 0 aliphatic carbocycles. The summed E-state index contributed by atoms with van der Waals surface area (Å²) in [6.45, 7) is 8.69. The van der Waals surface area contributed by atoms with Crippen molar-refractivity contribution in [1.29, 1.82) is 0 Å². The molecule has 0 saturated carbocycles. The number of hydrogen-bond acceptors (Lipinski definition) is 2. The van der Waals surface area contributed by atoms with Crippen LogP contribution in [0.3, 0.4) is 0 Å². The van der Waals surface area contributed by atoms with Gasteiger partial charge in [-0.2, -0.15) is 4.57 Å². The van der Waals surface area contributed by atoms with Crippen molar-refractivity contribution in [3.8, 4) is 0 Å². The highest BCUT2D eigenvalue weighted by atomic mass is 16.2. The number of hydrogen-bond donors (Lipinski definition) is 2. The van der Waals surface area contributed by atoms with Crippen molar-refractivity contribution >= 4 is 11.9 Å². The predicted octanol–water partition coefficient (Wildman–Crippen LogP) is 1.33. The first-order valence-corrected chi connectivity index (χ1v) is 6.99. The number of urea groups is 1. The minimum Gasteiger partial charge on any atom is -0.338 e. The summed E-state index contributed by atoms with van der Waals surface area (Å²) in [7, 11) is 0. The molecular formula is C15H24N3O2+. The third kappa shape index (κ3) is 5.38. The molecule has 0 bridgehead atoms. The van der Waals surface area contributed by atoms with Gasteiger partial charge in [-0.25, -0.2) is 4.79 Å². The van der Waals surface area contributed by atoms with Crippen LogP contribution < -0.4 is 15.2 Å². The first kappa shape index (κ1) is 16.1. The zero-order valence-electron chi connectivity index (χ0n) is 12.7. The fourth-order valence-electron chi connectivity index (χ4n) is 1.71. The van der Waals surface area contributed by atoms with Gasteiger partial charge in [0.25, 0.3) is 5.91 Å². The lowest BCUT2D eigenvalue weighted by Crippen LogP contribution is -2.49. The van der Waals surface area contributed by atoms with Gasteiger partial charge in [0.2, 0.25) is 6.54 Å². The van der Waals surface area contributed by atoms with E-state index >= 15 is 0 Å². The number of amides is 3. The standard InChI is InChI=1S/C15H23N3O2/c1-5-13-7-6-12(4)18(9-13)10-14(19)17-15(20)16-8-11(2)3/h6-7,9,11H,5,8,10H2,1-4H3,(H-,16,17,19,20)/p+1. The van der Waals surface area contributed by atoms with Crippen LogP contribution in [-0.4, -0.2) is 18.5 Å². The van der Waals surface area contributed by atoms with Crippen molar-refractivity contribution in [2.75, 3.05) is 6.54 Å². The molecule has 1 aromatic rings. The molecule has 1 rings (SSSR count). The third-order valence-corrected chi connectivity index (χ3v) is 2.96. The number of pyridine rings is 1. The van der Waals surface area contributed by atoms with Crippen molar-refractivity contribution in [2.24, 2.45) is 5.92 Å². The molecule has 2 N–H and O–H groups in total. The Bertz CT molecular complexity index is 484. The maximum absolute atomic E-state index is 11.8. The molecule has 0 aliphatic rings. The number of nitrogens with one attached hydrogen (secondary N) is 2. The molecular weight excluding hydrogens is 254 g/mol. The van der Waals surface area contributed by atoms with Crippen LogP contribution in [0, 0.1) is 12.8 Å². The highest BCUT2D eigenvalue weighted by molar-refractivity contribution is 5.93. The molecule has 0 fully saturated rings. The highest BCUT2D eigenvalue weighted by Crippen LogP contribution is 1.98. The molecule has 5 nitrogen and oxygen atoms in total. The van der Waals surface area contributed by atoms with Gasteiger partial charge in [-0.3, -0.25) is 10.1 Å². The van der Waals surface area contributed by atoms with Crippen molar-refractivity contribution in [3.05, 3.63) is 29.6 Å². The lowest BCUT2D eigenvalue weighted by Gasteiger charge is -2.08. The Morgan fingerprint density at radius 2 is 2.00 bits per heavy atom. The molecule has 0 saturated heterocycles. The molecule has 0 aliphatic heterocycles. The molecule has 0 radical (unpaired) electrons. The van der Waals surface area contributed by atoms with Crippen LogP contribution in [0.1, 0.15) is 32.0 Å². The minimum atomic E-state index is -0.436. The second-order valence-corrected chi connectivity index (χ2v) is 5.31. The van der Waals surface area contributed by atoms with Crippen molar-refractivity contribution in [2.45, 2.75) is 40.7 Å². The van der Waals surface area contributed by atoms with E-state index < -0.39 is 6.03 Å². The molecule has 5 heteroatoms. The smallest absolute Gasteiger partial charge is 0.321 e. The van der Waals surface area contributed by atoms with Gasteiger partial charge in [0.05, 0.1) is 0 Å². The molecule has 0 atom stereocenters.